The van der Waals surface area contributed by atoms with Crippen LogP contribution in [0.15, 0.2) is 79.0 Å². The van der Waals surface area contributed by atoms with Crippen molar-refractivity contribution in [3.05, 3.63) is 84.6 Å². The maximum absolute atomic E-state index is 4.92. The first-order valence-electron chi connectivity index (χ1n) is 8.47. The van der Waals surface area contributed by atoms with Gasteiger partial charge in [0.1, 0.15) is 5.69 Å². The van der Waals surface area contributed by atoms with Gasteiger partial charge in [-0.1, -0.05) is 47.4 Å². The minimum Gasteiger partial charge on any atom is -0.255 e. The summed E-state index contributed by atoms with van der Waals surface area (Å²) in [6, 6.07) is 25.3. The van der Waals surface area contributed by atoms with E-state index in [2.05, 4.69) is 86.5 Å². The second kappa shape index (κ2) is 4.57. The van der Waals surface area contributed by atoms with E-state index in [-0.39, 0.29) is 0 Å². The Bertz CT molecular complexity index is 1260. The molecular weight excluding hydrogens is 308 g/mol. The van der Waals surface area contributed by atoms with Crippen LogP contribution in [0.4, 0.5) is 0 Å². The lowest BCUT2D eigenvalue weighted by Gasteiger charge is -2.04. The maximum atomic E-state index is 4.92. The van der Waals surface area contributed by atoms with Gasteiger partial charge in [0.15, 0.2) is 0 Å². The second-order valence-corrected chi connectivity index (χ2v) is 6.43. The Morgan fingerprint density at radius 3 is 2.56 bits per heavy atom. The van der Waals surface area contributed by atoms with Crippen LogP contribution >= 0.6 is 0 Å². The van der Waals surface area contributed by atoms with Crippen LogP contribution in [0.5, 0.6) is 0 Å². The molecule has 0 saturated heterocycles. The molecule has 1 aliphatic rings. The van der Waals surface area contributed by atoms with Crippen LogP contribution in [0.1, 0.15) is 5.56 Å². The van der Waals surface area contributed by atoms with E-state index < -0.39 is 0 Å². The first kappa shape index (κ1) is 13.0. The van der Waals surface area contributed by atoms with Crippen molar-refractivity contribution >= 4 is 16.9 Å². The maximum Gasteiger partial charge on any atom is 0.324 e. The largest absolute Gasteiger partial charge is 0.324 e. The summed E-state index contributed by atoms with van der Waals surface area (Å²) in [7, 11) is 0. The van der Waals surface area contributed by atoms with E-state index in [0.717, 1.165) is 29.2 Å². The van der Waals surface area contributed by atoms with Gasteiger partial charge < -0.3 is 0 Å². The third-order valence-corrected chi connectivity index (χ3v) is 5.02. The van der Waals surface area contributed by atoms with E-state index in [1.165, 1.54) is 17.0 Å². The van der Waals surface area contributed by atoms with Crippen LogP contribution in [0.25, 0.3) is 34.0 Å². The van der Waals surface area contributed by atoms with Gasteiger partial charge in [-0.25, -0.2) is 9.13 Å². The van der Waals surface area contributed by atoms with Gasteiger partial charge in [0.2, 0.25) is 11.5 Å². The average molecular weight is 323 g/mol. The fraction of sp³-hybridized carbons (Fsp3) is 0.0476. The SMILES string of the molecule is c1ccc(-n2c3[n+](c4nc5ccccn5c42)Cc2ccccc2-3)cc1. The van der Waals surface area contributed by atoms with Crippen molar-refractivity contribution in [2.24, 2.45) is 0 Å². The van der Waals surface area contributed by atoms with Gasteiger partial charge >= 0.3 is 5.65 Å². The molecule has 0 radical (unpaired) electrons. The number of fused-ring (bicyclic) bond motifs is 7. The molecule has 118 valence electrons. The van der Waals surface area contributed by atoms with Crippen LogP contribution in [-0.4, -0.2) is 14.0 Å². The number of hydrogen-bond acceptors (Lipinski definition) is 1. The molecule has 6 rings (SSSR count). The van der Waals surface area contributed by atoms with Gasteiger partial charge in [-0.15, -0.1) is 0 Å². The first-order valence-corrected chi connectivity index (χ1v) is 8.47. The molecule has 2 aromatic carbocycles. The van der Waals surface area contributed by atoms with E-state index in [0.29, 0.717) is 0 Å². The van der Waals surface area contributed by atoms with Crippen molar-refractivity contribution in [3.8, 4) is 17.1 Å². The van der Waals surface area contributed by atoms with E-state index >= 15 is 0 Å². The zero-order chi connectivity index (χ0) is 16.4. The van der Waals surface area contributed by atoms with Crippen molar-refractivity contribution in [2.75, 3.05) is 0 Å². The number of nitrogens with zero attached hydrogens (tertiary/aromatic N) is 4. The Labute approximate surface area is 144 Å². The molecule has 5 aromatic rings. The van der Waals surface area contributed by atoms with Crippen molar-refractivity contribution in [1.82, 2.24) is 14.0 Å². The number of imidazole rings is 2. The van der Waals surface area contributed by atoms with Gasteiger partial charge in [0.25, 0.3) is 5.65 Å². The van der Waals surface area contributed by atoms with Crippen molar-refractivity contribution in [3.63, 3.8) is 0 Å². The smallest absolute Gasteiger partial charge is 0.255 e. The predicted molar refractivity (Wildman–Crippen MR) is 96.8 cm³/mol. The van der Waals surface area contributed by atoms with Gasteiger partial charge in [-0.05, 0) is 30.3 Å². The van der Waals surface area contributed by atoms with Crippen molar-refractivity contribution in [1.29, 1.82) is 0 Å². The highest BCUT2D eigenvalue weighted by Gasteiger charge is 2.36. The lowest BCUT2D eigenvalue weighted by Crippen LogP contribution is -2.31. The molecule has 4 heteroatoms. The molecule has 0 spiro atoms. The van der Waals surface area contributed by atoms with E-state index in [4.69, 9.17) is 4.98 Å². The quantitative estimate of drug-likeness (QED) is 0.425. The van der Waals surface area contributed by atoms with Crippen LogP contribution in [0, 0.1) is 0 Å². The Balaban J connectivity index is 1.84. The lowest BCUT2D eigenvalue weighted by atomic mass is 10.1. The minimum atomic E-state index is 0.867. The second-order valence-electron chi connectivity index (χ2n) is 6.43. The van der Waals surface area contributed by atoms with Crippen molar-refractivity contribution < 1.29 is 4.57 Å². The van der Waals surface area contributed by atoms with Crippen LogP contribution < -0.4 is 4.57 Å². The number of benzene rings is 2. The highest BCUT2D eigenvalue weighted by Crippen LogP contribution is 2.33. The monoisotopic (exact) mass is 323 g/mol. The molecule has 4 heterocycles. The van der Waals surface area contributed by atoms with Crippen LogP contribution in [0.3, 0.4) is 0 Å². The molecule has 0 unspecified atom stereocenters. The van der Waals surface area contributed by atoms with Gasteiger partial charge in [0, 0.05) is 11.8 Å². The molecule has 0 atom stereocenters. The summed E-state index contributed by atoms with van der Waals surface area (Å²) in [5, 5.41) is 0. The van der Waals surface area contributed by atoms with Crippen LogP contribution in [-0.2, 0) is 6.54 Å². The number of aromatic nitrogens is 4. The number of hydrogen-bond donors (Lipinski definition) is 0. The third-order valence-electron chi connectivity index (χ3n) is 5.02. The molecule has 0 saturated carbocycles. The van der Waals surface area contributed by atoms with Gasteiger partial charge in [-0.2, -0.15) is 0 Å². The summed E-state index contributed by atoms with van der Waals surface area (Å²) in [4.78, 5) is 4.92. The van der Waals surface area contributed by atoms with E-state index in [9.17, 15) is 0 Å². The number of para-hydroxylation sites is 1. The Kier molecular flexibility index (Phi) is 2.37. The van der Waals surface area contributed by atoms with Crippen molar-refractivity contribution in [2.45, 2.75) is 6.54 Å². The fourth-order valence-electron chi connectivity index (χ4n) is 3.96. The molecule has 0 bridgehead atoms. The van der Waals surface area contributed by atoms with E-state index in [1.54, 1.807) is 0 Å². The summed E-state index contributed by atoms with van der Waals surface area (Å²) >= 11 is 0. The molecule has 1 aliphatic heterocycles. The summed E-state index contributed by atoms with van der Waals surface area (Å²) in [5.41, 5.74) is 6.91. The summed E-state index contributed by atoms with van der Waals surface area (Å²) in [6.45, 7) is 0.867. The first-order chi connectivity index (χ1) is 12.4. The molecule has 25 heavy (non-hydrogen) atoms. The third kappa shape index (κ3) is 1.61. The molecule has 0 N–H and O–H groups in total. The predicted octanol–water partition coefficient (Wildman–Crippen LogP) is 3.59. The summed E-state index contributed by atoms with van der Waals surface area (Å²) in [6.07, 6.45) is 2.09. The Morgan fingerprint density at radius 1 is 0.840 bits per heavy atom. The summed E-state index contributed by atoms with van der Waals surface area (Å²) in [5.74, 6) is 1.21. The summed E-state index contributed by atoms with van der Waals surface area (Å²) < 4.78 is 6.84. The standard InChI is InChI=1S/C21H15N4/c1-2-9-16(10-3-1)25-20-17-11-5-4-8-15(17)14-24(20)19-21(25)23-13-7-6-12-18(23)22-19/h1-13H,14H2/q+1. The molecule has 0 amide bonds. The lowest BCUT2D eigenvalue weighted by molar-refractivity contribution is -0.647. The number of pyridine rings is 1. The zero-order valence-corrected chi connectivity index (χ0v) is 13.5. The zero-order valence-electron chi connectivity index (χ0n) is 13.5. The molecule has 4 nitrogen and oxygen atoms in total. The highest BCUT2D eigenvalue weighted by atomic mass is 15.3. The molecule has 0 fully saturated rings. The number of rotatable bonds is 1. The normalized spacial score (nSPS) is 12.6. The highest BCUT2D eigenvalue weighted by molar-refractivity contribution is 5.79. The molecular formula is C21H15N4+. The van der Waals surface area contributed by atoms with Gasteiger partial charge in [0.05, 0.1) is 12.1 Å². The molecule has 0 aliphatic carbocycles. The Morgan fingerprint density at radius 2 is 1.64 bits per heavy atom. The van der Waals surface area contributed by atoms with Crippen LogP contribution in [0.2, 0.25) is 0 Å². The fourth-order valence-corrected chi connectivity index (χ4v) is 3.96. The topological polar surface area (TPSA) is 26.1 Å². The molecule has 3 aromatic heterocycles. The van der Waals surface area contributed by atoms with Gasteiger partial charge in [-0.3, -0.25) is 4.40 Å². The van der Waals surface area contributed by atoms with E-state index in [1.807, 2.05) is 6.07 Å². The Hall–Kier alpha value is -3.40. The average Bonchev–Trinajstić information content (AvgIpc) is 3.30. The minimum absolute atomic E-state index is 0.867.